The van der Waals surface area contributed by atoms with E-state index in [0.717, 1.165) is 96.3 Å². The molecule has 1 fully saturated rings. The second kappa shape index (κ2) is 46.8. The predicted molar refractivity (Wildman–Crippen MR) is 281 cm³/mol. The molecule has 6 N–H and O–H groups in total. The van der Waals surface area contributed by atoms with E-state index in [1.807, 2.05) is 6.08 Å². The van der Waals surface area contributed by atoms with E-state index in [4.69, 9.17) is 9.47 Å². The largest absolute Gasteiger partial charge is 0.394 e. The monoisotopic (exact) mass is 938 g/mol. The highest BCUT2D eigenvalue weighted by Gasteiger charge is 2.44. The highest BCUT2D eigenvalue weighted by molar-refractivity contribution is 5.76. The molecule has 9 nitrogen and oxygen atoms in total. The third kappa shape index (κ3) is 36.7. The van der Waals surface area contributed by atoms with E-state index in [1.165, 1.54) is 89.9 Å². The van der Waals surface area contributed by atoms with Crippen LogP contribution in [0, 0.1) is 0 Å². The fourth-order valence-corrected chi connectivity index (χ4v) is 7.86. The average molecular weight is 938 g/mol. The lowest BCUT2D eigenvalue weighted by Crippen LogP contribution is -2.60. The van der Waals surface area contributed by atoms with Gasteiger partial charge in [-0.2, -0.15) is 0 Å². The molecule has 0 aromatic heterocycles. The summed E-state index contributed by atoms with van der Waals surface area (Å²) in [4.78, 5) is 13.0. The number of nitrogens with one attached hydrogen (secondary N) is 1. The molecule has 7 unspecified atom stereocenters. The molecule has 1 rings (SSSR count). The zero-order chi connectivity index (χ0) is 48.7. The number of ether oxygens (including phenoxy) is 2. The average Bonchev–Trinajstić information content (AvgIpc) is 3.33. The molecule has 0 saturated carbocycles. The van der Waals surface area contributed by atoms with Crippen LogP contribution in [0.5, 0.6) is 0 Å². The van der Waals surface area contributed by atoms with E-state index in [2.05, 4.69) is 104 Å². The number of unbranched alkanes of at least 4 members (excludes halogenated alkanes) is 20. The highest BCUT2D eigenvalue weighted by Crippen LogP contribution is 2.22. The van der Waals surface area contributed by atoms with Gasteiger partial charge >= 0.3 is 0 Å². The Morgan fingerprint density at radius 1 is 0.522 bits per heavy atom. The molecule has 0 bridgehead atoms. The van der Waals surface area contributed by atoms with Crippen molar-refractivity contribution in [1.82, 2.24) is 5.32 Å². The summed E-state index contributed by atoms with van der Waals surface area (Å²) in [6.45, 7) is 3.63. The number of rotatable bonds is 44. The Balaban J connectivity index is 2.28. The third-order valence-electron chi connectivity index (χ3n) is 12.1. The second-order valence-corrected chi connectivity index (χ2v) is 18.3. The summed E-state index contributed by atoms with van der Waals surface area (Å²) in [5.74, 6) is -0.199. The van der Waals surface area contributed by atoms with Crippen LogP contribution >= 0.6 is 0 Å². The molecule has 7 atom stereocenters. The molecular formula is C58H99NO8. The lowest BCUT2D eigenvalue weighted by molar-refractivity contribution is -0.302. The minimum Gasteiger partial charge on any atom is -0.394 e. The minimum absolute atomic E-state index is 0.199. The number of amides is 1. The summed E-state index contributed by atoms with van der Waals surface area (Å²) in [7, 11) is 0. The van der Waals surface area contributed by atoms with Gasteiger partial charge in [-0.25, -0.2) is 0 Å². The van der Waals surface area contributed by atoms with Crippen molar-refractivity contribution < 1.29 is 39.8 Å². The standard InChI is InChI=1S/C58H99NO8/c1-3-5-7-9-11-13-15-17-19-21-22-23-24-25-26-27-28-29-30-32-34-36-38-40-42-44-46-48-54(62)59-51(50-66-58-57(65)56(64)55(63)53(49-60)67-58)52(61)47-45-43-41-39-37-35-33-31-20-18-16-14-12-10-8-6-4-2/h5,7,11,13,17,19-20,22-23,25-26,31,37,39,45,47,51-53,55-58,60-61,63-65H,3-4,6,8-10,12,14-16,18,21,24,27-30,32-36,38,40-44,46,48-50H2,1-2H3,(H,59,62)/b7-5-,13-11-,19-17-,23-22-,26-25-,31-20+,39-37+,47-45+. The molecule has 0 aromatic carbocycles. The number of aliphatic hydroxyl groups excluding tert-OH is 5. The molecule has 1 saturated heterocycles. The Hall–Kier alpha value is -2.89. The highest BCUT2D eigenvalue weighted by atomic mass is 16.7. The van der Waals surface area contributed by atoms with Gasteiger partial charge < -0.3 is 40.3 Å². The smallest absolute Gasteiger partial charge is 0.220 e. The van der Waals surface area contributed by atoms with Gasteiger partial charge in [0, 0.05) is 6.42 Å². The Morgan fingerprint density at radius 2 is 0.940 bits per heavy atom. The van der Waals surface area contributed by atoms with Crippen molar-refractivity contribution in [3.05, 3.63) is 97.2 Å². The lowest BCUT2D eigenvalue weighted by atomic mass is 9.99. The zero-order valence-corrected chi connectivity index (χ0v) is 42.4. The van der Waals surface area contributed by atoms with Crippen molar-refractivity contribution >= 4 is 5.91 Å². The van der Waals surface area contributed by atoms with Crippen LogP contribution in [0.1, 0.15) is 206 Å². The topological polar surface area (TPSA) is 149 Å². The maximum absolute atomic E-state index is 13.0. The van der Waals surface area contributed by atoms with E-state index in [1.54, 1.807) is 6.08 Å². The molecular weight excluding hydrogens is 839 g/mol. The van der Waals surface area contributed by atoms with Crippen molar-refractivity contribution in [3.8, 4) is 0 Å². The summed E-state index contributed by atoms with van der Waals surface area (Å²) in [5.41, 5.74) is 0. The SMILES string of the molecule is CC/C=C\C/C=C\C/C=C\C/C=C\C/C=C\CCCCCCCCCCCCCC(=O)NC(COC1OC(CO)C(O)C(O)C1O)C(O)/C=C/CC/C=C/CC/C=C/CCCCCCCCC. The fourth-order valence-electron chi connectivity index (χ4n) is 7.86. The summed E-state index contributed by atoms with van der Waals surface area (Å²) in [5, 5.41) is 54.4. The molecule has 0 spiro atoms. The molecule has 1 aliphatic heterocycles. The quantitative estimate of drug-likeness (QED) is 0.0261. The van der Waals surface area contributed by atoms with Gasteiger partial charge in [-0.15, -0.1) is 0 Å². The summed E-state index contributed by atoms with van der Waals surface area (Å²) in [6.07, 6.45) is 60.3. The first-order valence-electron chi connectivity index (χ1n) is 27.0. The summed E-state index contributed by atoms with van der Waals surface area (Å²) < 4.78 is 11.2. The van der Waals surface area contributed by atoms with Gasteiger partial charge in [-0.1, -0.05) is 207 Å². The Labute approximate surface area is 409 Å². The molecule has 67 heavy (non-hydrogen) atoms. The molecule has 1 amide bonds. The number of hydrogen-bond acceptors (Lipinski definition) is 8. The van der Waals surface area contributed by atoms with Gasteiger partial charge in [0.05, 0.1) is 25.4 Å². The van der Waals surface area contributed by atoms with Gasteiger partial charge in [0.25, 0.3) is 0 Å². The van der Waals surface area contributed by atoms with Gasteiger partial charge in [-0.05, 0) is 89.9 Å². The van der Waals surface area contributed by atoms with E-state index in [-0.39, 0.29) is 12.5 Å². The van der Waals surface area contributed by atoms with Crippen LogP contribution in [0.15, 0.2) is 97.2 Å². The molecule has 0 aliphatic carbocycles. The lowest BCUT2D eigenvalue weighted by Gasteiger charge is -2.40. The molecule has 1 heterocycles. The number of carbonyl (C=O) groups excluding carboxylic acids is 1. The maximum Gasteiger partial charge on any atom is 0.220 e. The number of aliphatic hydroxyl groups is 5. The maximum atomic E-state index is 13.0. The van der Waals surface area contributed by atoms with Crippen molar-refractivity contribution in [2.24, 2.45) is 0 Å². The number of hydrogen-bond donors (Lipinski definition) is 6. The van der Waals surface area contributed by atoms with E-state index in [9.17, 15) is 30.3 Å². The van der Waals surface area contributed by atoms with Gasteiger partial charge in [-0.3, -0.25) is 4.79 Å². The number of carbonyl (C=O) groups is 1. The van der Waals surface area contributed by atoms with E-state index < -0.39 is 49.5 Å². The molecule has 0 radical (unpaired) electrons. The summed E-state index contributed by atoms with van der Waals surface area (Å²) >= 11 is 0. The van der Waals surface area contributed by atoms with Gasteiger partial charge in [0.2, 0.25) is 5.91 Å². The summed E-state index contributed by atoms with van der Waals surface area (Å²) in [6, 6.07) is -0.836. The number of allylic oxidation sites excluding steroid dienone is 15. The first-order chi connectivity index (χ1) is 32.8. The Bertz CT molecular complexity index is 1370. The first-order valence-corrected chi connectivity index (χ1v) is 27.0. The van der Waals surface area contributed by atoms with Crippen LogP contribution in [0.4, 0.5) is 0 Å². The van der Waals surface area contributed by atoms with Crippen LogP contribution in [0.3, 0.4) is 0 Å². The molecule has 1 aliphatic rings. The second-order valence-electron chi connectivity index (χ2n) is 18.3. The predicted octanol–water partition coefficient (Wildman–Crippen LogP) is 12.8. The van der Waals surface area contributed by atoms with Crippen molar-refractivity contribution in [3.63, 3.8) is 0 Å². The fraction of sp³-hybridized carbons (Fsp3) is 0.707. The van der Waals surface area contributed by atoms with E-state index in [0.29, 0.717) is 6.42 Å². The van der Waals surface area contributed by atoms with E-state index >= 15 is 0 Å². The first kappa shape index (κ1) is 62.1. The Morgan fingerprint density at radius 3 is 1.43 bits per heavy atom. The van der Waals surface area contributed by atoms with Crippen molar-refractivity contribution in [1.29, 1.82) is 0 Å². The molecule has 384 valence electrons. The van der Waals surface area contributed by atoms with Crippen LogP contribution in [0.2, 0.25) is 0 Å². The van der Waals surface area contributed by atoms with Crippen LogP contribution in [0.25, 0.3) is 0 Å². The molecule has 0 aromatic rings. The van der Waals surface area contributed by atoms with Crippen LogP contribution in [-0.4, -0.2) is 87.5 Å². The van der Waals surface area contributed by atoms with Gasteiger partial charge in [0.15, 0.2) is 6.29 Å². The third-order valence-corrected chi connectivity index (χ3v) is 12.1. The minimum atomic E-state index is -1.58. The molecule has 9 heteroatoms. The van der Waals surface area contributed by atoms with Crippen molar-refractivity contribution in [2.75, 3.05) is 13.2 Å². The van der Waals surface area contributed by atoms with Gasteiger partial charge in [0.1, 0.15) is 24.4 Å². The zero-order valence-electron chi connectivity index (χ0n) is 42.4. The van der Waals surface area contributed by atoms with Crippen molar-refractivity contribution in [2.45, 2.75) is 249 Å². The normalized spacial score (nSPS) is 20.5. The van der Waals surface area contributed by atoms with Crippen LogP contribution in [-0.2, 0) is 14.3 Å². The Kier molecular flexibility index (Phi) is 43.4. The van der Waals surface area contributed by atoms with Crippen LogP contribution < -0.4 is 5.32 Å².